The minimum atomic E-state index is -1.20. The van der Waals surface area contributed by atoms with Gasteiger partial charge in [0.15, 0.2) is 6.29 Å². The second-order valence-electron chi connectivity index (χ2n) is 5.80. The summed E-state index contributed by atoms with van der Waals surface area (Å²) in [6.07, 6.45) is 0.131. The third-order valence-electron chi connectivity index (χ3n) is 3.68. The van der Waals surface area contributed by atoms with Crippen molar-refractivity contribution in [3.8, 4) is 0 Å². The van der Waals surface area contributed by atoms with Crippen molar-refractivity contribution in [3.05, 3.63) is 35.9 Å². The molecule has 3 atom stereocenters. The fraction of sp³-hybridized carbons (Fsp3) is 0.529. The van der Waals surface area contributed by atoms with Crippen molar-refractivity contribution in [1.82, 2.24) is 10.8 Å². The first-order chi connectivity index (χ1) is 12.1. The van der Waals surface area contributed by atoms with Crippen molar-refractivity contribution in [1.29, 1.82) is 0 Å². The Hall–Kier alpha value is -2.16. The Bertz CT molecular complexity index is 545. The molecule has 1 aliphatic heterocycles. The highest BCUT2D eigenvalue weighted by Gasteiger charge is 2.27. The normalized spacial score (nSPS) is 19.5. The lowest BCUT2D eigenvalue weighted by Crippen LogP contribution is -2.53. The van der Waals surface area contributed by atoms with Crippen LogP contribution in [0.5, 0.6) is 0 Å². The summed E-state index contributed by atoms with van der Waals surface area (Å²) >= 11 is 0. The zero-order chi connectivity index (χ0) is 18.1. The Morgan fingerprint density at radius 1 is 1.32 bits per heavy atom. The molecular weight excluding hydrogens is 328 g/mol. The van der Waals surface area contributed by atoms with Crippen LogP contribution in [0.1, 0.15) is 31.7 Å². The van der Waals surface area contributed by atoms with E-state index in [2.05, 4.69) is 10.8 Å². The maximum Gasteiger partial charge on any atom is 0.408 e. The lowest BCUT2D eigenvalue weighted by molar-refractivity contribution is -0.202. The molecule has 25 heavy (non-hydrogen) atoms. The summed E-state index contributed by atoms with van der Waals surface area (Å²) in [6.45, 7) is 2.02. The van der Waals surface area contributed by atoms with E-state index in [9.17, 15) is 14.7 Å². The van der Waals surface area contributed by atoms with Gasteiger partial charge in [-0.1, -0.05) is 30.3 Å². The van der Waals surface area contributed by atoms with E-state index < -0.39 is 30.4 Å². The van der Waals surface area contributed by atoms with Crippen LogP contribution >= 0.6 is 0 Å². The third kappa shape index (κ3) is 6.69. The summed E-state index contributed by atoms with van der Waals surface area (Å²) in [4.78, 5) is 29.1. The summed E-state index contributed by atoms with van der Waals surface area (Å²) in [5.41, 5.74) is 3.03. The summed E-state index contributed by atoms with van der Waals surface area (Å²) < 4.78 is 10.4. The highest BCUT2D eigenvalue weighted by atomic mass is 16.8. The quantitative estimate of drug-likeness (QED) is 0.638. The maximum atomic E-state index is 12.1. The second-order valence-corrected chi connectivity index (χ2v) is 5.80. The zero-order valence-corrected chi connectivity index (χ0v) is 14.1. The molecule has 3 N–H and O–H groups in total. The number of hydroxylamine groups is 1. The van der Waals surface area contributed by atoms with E-state index in [1.54, 1.807) is 0 Å². The van der Waals surface area contributed by atoms with E-state index in [1.165, 1.54) is 6.92 Å². The average Bonchev–Trinajstić information content (AvgIpc) is 2.64. The molecular formula is C17H24N2O6. The number of aliphatic hydroxyl groups is 1. The van der Waals surface area contributed by atoms with Crippen molar-refractivity contribution in [2.75, 3.05) is 6.61 Å². The van der Waals surface area contributed by atoms with Crippen LogP contribution < -0.4 is 10.8 Å². The van der Waals surface area contributed by atoms with E-state index >= 15 is 0 Å². The molecule has 0 saturated carbocycles. The van der Waals surface area contributed by atoms with Crippen LogP contribution in [-0.4, -0.2) is 42.1 Å². The Labute approximate surface area is 146 Å². The summed E-state index contributed by atoms with van der Waals surface area (Å²) in [5.74, 6) is -0.680. The summed E-state index contributed by atoms with van der Waals surface area (Å²) in [7, 11) is 0. The van der Waals surface area contributed by atoms with Crippen molar-refractivity contribution in [3.63, 3.8) is 0 Å². The van der Waals surface area contributed by atoms with Crippen LogP contribution in [0.15, 0.2) is 30.3 Å². The van der Waals surface area contributed by atoms with Gasteiger partial charge in [-0.15, -0.1) is 0 Å². The molecule has 1 saturated heterocycles. The standard InChI is InChI=1S/C17H24N2O6/c1-12(20)15(16(21)19-25-14-9-5-6-10-23-14)18-17(22)24-11-13-7-3-2-4-8-13/h2-4,7-8,12,14-15,20H,5-6,9-11H2,1H3,(H,18,22)(H,19,21)/t12-,14-,15+/m1/s1. The third-order valence-corrected chi connectivity index (χ3v) is 3.68. The van der Waals surface area contributed by atoms with Crippen molar-refractivity contribution >= 4 is 12.0 Å². The molecule has 138 valence electrons. The highest BCUT2D eigenvalue weighted by Crippen LogP contribution is 2.12. The lowest BCUT2D eigenvalue weighted by atomic mass is 10.2. The maximum absolute atomic E-state index is 12.1. The minimum absolute atomic E-state index is 0.0627. The van der Waals surface area contributed by atoms with E-state index in [1.807, 2.05) is 30.3 Å². The number of benzene rings is 1. The molecule has 2 amide bonds. The first kappa shape index (κ1) is 19.2. The lowest BCUT2D eigenvalue weighted by Gasteiger charge is -2.24. The average molecular weight is 352 g/mol. The summed E-state index contributed by atoms with van der Waals surface area (Å²) in [5, 5.41) is 12.1. The molecule has 1 heterocycles. The predicted octanol–water partition coefficient (Wildman–Crippen LogP) is 1.24. The minimum Gasteiger partial charge on any atom is -0.445 e. The Balaban J connectivity index is 1.78. The van der Waals surface area contributed by atoms with Crippen LogP contribution in [0, 0.1) is 0 Å². The highest BCUT2D eigenvalue weighted by molar-refractivity contribution is 5.85. The van der Waals surface area contributed by atoms with Gasteiger partial charge in [0.05, 0.1) is 6.10 Å². The van der Waals surface area contributed by atoms with E-state index in [0.29, 0.717) is 13.0 Å². The monoisotopic (exact) mass is 352 g/mol. The second kappa shape index (κ2) is 9.97. The molecule has 1 aromatic carbocycles. The van der Waals surface area contributed by atoms with Gasteiger partial charge in [0.2, 0.25) is 0 Å². The van der Waals surface area contributed by atoms with E-state index in [0.717, 1.165) is 18.4 Å². The fourth-order valence-electron chi connectivity index (χ4n) is 2.29. The first-order valence-electron chi connectivity index (χ1n) is 8.28. The van der Waals surface area contributed by atoms with Crippen molar-refractivity contribution in [2.24, 2.45) is 0 Å². The van der Waals surface area contributed by atoms with Crippen LogP contribution in [0.3, 0.4) is 0 Å². The Kier molecular flexibility index (Phi) is 7.65. The smallest absolute Gasteiger partial charge is 0.408 e. The number of aliphatic hydroxyl groups excluding tert-OH is 1. The van der Waals surface area contributed by atoms with E-state index in [4.69, 9.17) is 14.3 Å². The number of hydrogen-bond acceptors (Lipinski definition) is 6. The molecule has 0 spiro atoms. The topological polar surface area (TPSA) is 106 Å². The molecule has 2 rings (SSSR count). The number of hydrogen-bond donors (Lipinski definition) is 3. The molecule has 0 bridgehead atoms. The molecule has 1 fully saturated rings. The van der Waals surface area contributed by atoms with Gasteiger partial charge in [0, 0.05) is 13.0 Å². The number of ether oxygens (including phenoxy) is 2. The number of amides is 2. The SMILES string of the molecule is C[C@@H](O)[C@H](NC(=O)OCc1ccccc1)C(=O)NO[C@@H]1CCCCO1. The van der Waals surface area contributed by atoms with Crippen LogP contribution in [0.4, 0.5) is 4.79 Å². The van der Waals surface area contributed by atoms with Gasteiger partial charge in [-0.3, -0.25) is 4.79 Å². The van der Waals surface area contributed by atoms with Crippen LogP contribution in [0.2, 0.25) is 0 Å². The molecule has 0 unspecified atom stereocenters. The number of carbonyl (C=O) groups is 2. The van der Waals surface area contributed by atoms with Gasteiger partial charge >= 0.3 is 6.09 Å². The van der Waals surface area contributed by atoms with Crippen molar-refractivity contribution in [2.45, 2.75) is 51.2 Å². The van der Waals surface area contributed by atoms with Gasteiger partial charge in [-0.05, 0) is 25.3 Å². The molecule has 0 aliphatic carbocycles. The molecule has 0 radical (unpaired) electrons. The summed E-state index contributed by atoms with van der Waals surface area (Å²) in [6, 6.07) is 7.93. The molecule has 0 aromatic heterocycles. The number of carbonyl (C=O) groups excluding carboxylic acids is 2. The first-order valence-corrected chi connectivity index (χ1v) is 8.28. The van der Waals surface area contributed by atoms with Gasteiger partial charge in [0.25, 0.3) is 5.91 Å². The fourth-order valence-corrected chi connectivity index (χ4v) is 2.29. The predicted molar refractivity (Wildman–Crippen MR) is 88.1 cm³/mol. The number of rotatable bonds is 7. The van der Waals surface area contributed by atoms with E-state index in [-0.39, 0.29) is 6.61 Å². The molecule has 8 heteroatoms. The van der Waals surface area contributed by atoms with Crippen LogP contribution in [-0.2, 0) is 25.7 Å². The van der Waals surface area contributed by atoms with Gasteiger partial charge < -0.3 is 19.9 Å². The molecule has 1 aliphatic rings. The van der Waals surface area contributed by atoms with Gasteiger partial charge in [0.1, 0.15) is 12.6 Å². The Morgan fingerprint density at radius 2 is 2.08 bits per heavy atom. The Morgan fingerprint density at radius 3 is 2.72 bits per heavy atom. The molecule has 8 nitrogen and oxygen atoms in total. The van der Waals surface area contributed by atoms with Crippen molar-refractivity contribution < 1.29 is 29.0 Å². The zero-order valence-electron chi connectivity index (χ0n) is 14.1. The number of alkyl carbamates (subject to hydrolysis) is 1. The largest absolute Gasteiger partial charge is 0.445 e. The van der Waals surface area contributed by atoms with Crippen LogP contribution in [0.25, 0.3) is 0 Å². The molecule has 1 aromatic rings. The van der Waals surface area contributed by atoms with Gasteiger partial charge in [-0.2, -0.15) is 0 Å². The van der Waals surface area contributed by atoms with Gasteiger partial charge in [-0.25, -0.2) is 15.1 Å². The number of nitrogens with one attached hydrogen (secondary N) is 2.